The van der Waals surface area contributed by atoms with Gasteiger partial charge in [-0.1, -0.05) is 19.8 Å². The molecule has 1 aromatic rings. The van der Waals surface area contributed by atoms with E-state index in [1.807, 2.05) is 7.05 Å². The smallest absolute Gasteiger partial charge is 0.294 e. The number of hydrogen-bond acceptors (Lipinski definition) is 3. The molecule has 0 aromatic carbocycles. The van der Waals surface area contributed by atoms with Crippen LogP contribution in [0.25, 0.3) is 0 Å². The van der Waals surface area contributed by atoms with Gasteiger partial charge in [-0.2, -0.15) is 4.98 Å². The van der Waals surface area contributed by atoms with Crippen molar-refractivity contribution in [1.29, 1.82) is 0 Å². The van der Waals surface area contributed by atoms with Crippen molar-refractivity contribution in [1.82, 2.24) is 4.98 Å². The third kappa shape index (κ3) is 2.57. The lowest BCUT2D eigenvalue weighted by Crippen LogP contribution is -1.89. The van der Waals surface area contributed by atoms with E-state index in [2.05, 4.69) is 17.2 Å². The molecule has 0 atom stereocenters. The Morgan fingerprint density at radius 3 is 2.92 bits per heavy atom. The van der Waals surface area contributed by atoms with Gasteiger partial charge < -0.3 is 9.73 Å². The third-order valence-electron chi connectivity index (χ3n) is 1.80. The van der Waals surface area contributed by atoms with Gasteiger partial charge in [-0.3, -0.25) is 0 Å². The Hall–Kier alpha value is -0.990. The molecule has 0 bridgehead atoms. The highest BCUT2D eigenvalue weighted by Crippen LogP contribution is 2.09. The second-order valence-electron chi connectivity index (χ2n) is 2.85. The number of nitrogens with zero attached hydrogens (tertiary/aromatic N) is 1. The van der Waals surface area contributed by atoms with Crippen LogP contribution in [-0.4, -0.2) is 12.0 Å². The van der Waals surface area contributed by atoms with Gasteiger partial charge in [0.05, 0.1) is 5.69 Å². The summed E-state index contributed by atoms with van der Waals surface area (Å²) in [7, 11) is 1.81. The Morgan fingerprint density at radius 2 is 2.33 bits per heavy atom. The van der Waals surface area contributed by atoms with Crippen molar-refractivity contribution in [3.8, 4) is 0 Å². The molecule has 0 saturated heterocycles. The number of aryl methyl sites for hydroxylation is 1. The van der Waals surface area contributed by atoms with Gasteiger partial charge in [-0.05, 0) is 12.8 Å². The number of rotatable bonds is 5. The summed E-state index contributed by atoms with van der Waals surface area (Å²) < 4.78 is 5.12. The normalized spacial score (nSPS) is 10.2. The highest BCUT2D eigenvalue weighted by atomic mass is 16.4. The van der Waals surface area contributed by atoms with Gasteiger partial charge >= 0.3 is 0 Å². The first kappa shape index (κ1) is 9.10. The van der Waals surface area contributed by atoms with Crippen LogP contribution in [0, 0.1) is 0 Å². The minimum Gasteiger partial charge on any atom is -0.432 e. The number of unbranched alkanes of at least 4 members (excludes halogenated alkanes) is 2. The molecule has 0 aliphatic heterocycles. The topological polar surface area (TPSA) is 38.1 Å². The lowest BCUT2D eigenvalue weighted by atomic mass is 10.2. The van der Waals surface area contributed by atoms with Crippen molar-refractivity contribution in [2.75, 3.05) is 12.4 Å². The van der Waals surface area contributed by atoms with E-state index in [-0.39, 0.29) is 0 Å². The Labute approximate surface area is 73.2 Å². The summed E-state index contributed by atoms with van der Waals surface area (Å²) in [4.78, 5) is 4.22. The summed E-state index contributed by atoms with van der Waals surface area (Å²) in [5, 5.41) is 2.86. The van der Waals surface area contributed by atoms with E-state index in [9.17, 15) is 0 Å². The Balaban J connectivity index is 2.31. The van der Waals surface area contributed by atoms with E-state index in [1.165, 1.54) is 19.3 Å². The van der Waals surface area contributed by atoms with Gasteiger partial charge in [0.2, 0.25) is 0 Å². The molecule has 0 aliphatic rings. The molecule has 12 heavy (non-hydrogen) atoms. The zero-order valence-electron chi connectivity index (χ0n) is 7.76. The van der Waals surface area contributed by atoms with Crippen molar-refractivity contribution in [2.45, 2.75) is 32.6 Å². The van der Waals surface area contributed by atoms with Gasteiger partial charge in [0.15, 0.2) is 0 Å². The van der Waals surface area contributed by atoms with Gasteiger partial charge in [0.25, 0.3) is 6.01 Å². The molecule has 3 heteroatoms. The molecule has 1 N–H and O–H groups in total. The highest BCUT2D eigenvalue weighted by molar-refractivity contribution is 5.19. The molecule has 0 radical (unpaired) electrons. The quantitative estimate of drug-likeness (QED) is 0.686. The van der Waals surface area contributed by atoms with Crippen LogP contribution in [-0.2, 0) is 6.42 Å². The fraction of sp³-hybridized carbons (Fsp3) is 0.667. The first-order valence-corrected chi connectivity index (χ1v) is 4.49. The maximum Gasteiger partial charge on any atom is 0.294 e. The molecule has 0 spiro atoms. The van der Waals surface area contributed by atoms with Gasteiger partial charge in [0.1, 0.15) is 6.26 Å². The van der Waals surface area contributed by atoms with E-state index in [0.29, 0.717) is 6.01 Å². The molecule has 3 nitrogen and oxygen atoms in total. The Bertz CT molecular complexity index is 220. The summed E-state index contributed by atoms with van der Waals surface area (Å²) in [6.45, 7) is 2.20. The van der Waals surface area contributed by atoms with Crippen molar-refractivity contribution >= 4 is 6.01 Å². The number of hydrogen-bond donors (Lipinski definition) is 1. The number of oxazole rings is 1. The molecule has 1 heterocycles. The van der Waals surface area contributed by atoms with E-state index in [1.54, 1.807) is 6.26 Å². The predicted molar refractivity (Wildman–Crippen MR) is 49.3 cm³/mol. The van der Waals surface area contributed by atoms with Crippen LogP contribution in [0.15, 0.2) is 10.7 Å². The summed E-state index contributed by atoms with van der Waals surface area (Å²) in [6, 6.07) is 0.612. The van der Waals surface area contributed by atoms with Crippen molar-refractivity contribution in [3.63, 3.8) is 0 Å². The van der Waals surface area contributed by atoms with E-state index in [4.69, 9.17) is 4.42 Å². The Morgan fingerprint density at radius 1 is 1.50 bits per heavy atom. The second kappa shape index (κ2) is 4.80. The molecule has 0 saturated carbocycles. The molecule has 1 rings (SSSR count). The fourth-order valence-electron chi connectivity index (χ4n) is 1.09. The summed E-state index contributed by atoms with van der Waals surface area (Å²) in [5.41, 5.74) is 1.05. The van der Waals surface area contributed by atoms with Crippen molar-refractivity contribution < 1.29 is 4.42 Å². The monoisotopic (exact) mass is 168 g/mol. The average molecular weight is 168 g/mol. The minimum absolute atomic E-state index is 0.612. The van der Waals surface area contributed by atoms with Crippen LogP contribution in [0.4, 0.5) is 6.01 Å². The molecule has 0 fully saturated rings. The first-order chi connectivity index (χ1) is 5.86. The van der Waals surface area contributed by atoms with Gasteiger partial charge in [0, 0.05) is 7.05 Å². The number of anilines is 1. The summed E-state index contributed by atoms with van der Waals surface area (Å²) >= 11 is 0. The predicted octanol–water partition coefficient (Wildman–Crippen LogP) is 2.45. The van der Waals surface area contributed by atoms with Gasteiger partial charge in [-0.25, -0.2) is 0 Å². The molecule has 0 amide bonds. The number of nitrogens with one attached hydrogen (secondary N) is 1. The largest absolute Gasteiger partial charge is 0.432 e. The van der Waals surface area contributed by atoms with E-state index in [0.717, 1.165) is 12.1 Å². The molecule has 68 valence electrons. The van der Waals surface area contributed by atoms with Gasteiger partial charge in [-0.15, -0.1) is 0 Å². The number of aromatic nitrogens is 1. The van der Waals surface area contributed by atoms with Crippen LogP contribution in [0.2, 0.25) is 0 Å². The zero-order chi connectivity index (χ0) is 8.81. The molecule has 0 aliphatic carbocycles. The maximum atomic E-state index is 5.12. The third-order valence-corrected chi connectivity index (χ3v) is 1.80. The molecule has 0 unspecified atom stereocenters. The maximum absolute atomic E-state index is 5.12. The van der Waals surface area contributed by atoms with Crippen molar-refractivity contribution in [3.05, 3.63) is 12.0 Å². The van der Waals surface area contributed by atoms with Crippen LogP contribution >= 0.6 is 0 Å². The van der Waals surface area contributed by atoms with Crippen molar-refractivity contribution in [2.24, 2.45) is 0 Å². The summed E-state index contributed by atoms with van der Waals surface area (Å²) in [5.74, 6) is 0. The van der Waals surface area contributed by atoms with Crippen LogP contribution in [0.3, 0.4) is 0 Å². The SMILES string of the molecule is CCCCCc1coc(NC)n1. The van der Waals surface area contributed by atoms with Crippen LogP contribution < -0.4 is 5.32 Å². The van der Waals surface area contributed by atoms with Crippen LogP contribution in [0.1, 0.15) is 31.9 Å². The highest BCUT2D eigenvalue weighted by Gasteiger charge is 2.00. The van der Waals surface area contributed by atoms with Crippen LogP contribution in [0.5, 0.6) is 0 Å². The Kier molecular flexibility index (Phi) is 3.64. The summed E-state index contributed by atoms with van der Waals surface area (Å²) in [6.07, 6.45) is 6.46. The zero-order valence-corrected chi connectivity index (χ0v) is 7.76. The van der Waals surface area contributed by atoms with E-state index < -0.39 is 0 Å². The average Bonchev–Trinajstić information content (AvgIpc) is 2.53. The fourth-order valence-corrected chi connectivity index (χ4v) is 1.09. The lowest BCUT2D eigenvalue weighted by molar-refractivity contribution is 0.572. The molecule has 1 aromatic heterocycles. The lowest BCUT2D eigenvalue weighted by Gasteiger charge is -1.92. The first-order valence-electron chi connectivity index (χ1n) is 4.49. The molecular weight excluding hydrogens is 152 g/mol. The molecular formula is C9H16N2O. The minimum atomic E-state index is 0.612. The second-order valence-corrected chi connectivity index (χ2v) is 2.85. The standard InChI is InChI=1S/C9H16N2O/c1-3-4-5-6-8-7-12-9(10-2)11-8/h7H,3-6H2,1-2H3,(H,10,11). The van der Waals surface area contributed by atoms with E-state index >= 15 is 0 Å².